The minimum absolute atomic E-state index is 0.194. The average molecular weight is 301 g/mol. The summed E-state index contributed by atoms with van der Waals surface area (Å²) in [5, 5.41) is 8.63. The Hall–Kier alpha value is -0.610. The van der Waals surface area contributed by atoms with Gasteiger partial charge in [0.05, 0.1) is 33.6 Å². The number of nitrogens with zero attached hydrogens (tertiary/aromatic N) is 1. The van der Waals surface area contributed by atoms with Crippen LogP contribution in [0.2, 0.25) is 0 Å². The van der Waals surface area contributed by atoms with Crippen LogP contribution in [0.3, 0.4) is 0 Å². The van der Waals surface area contributed by atoms with E-state index in [9.17, 15) is 4.79 Å². The standard InChI is InChI=1S/C17H36N2O2/c1-4-5-6-7-8-9-10-11-12-13-16-19(2,3)18-15-14-17(20)21/h18H,4-16H2,1-3H3/p+1. The van der Waals surface area contributed by atoms with Gasteiger partial charge in [-0.05, 0) is 12.8 Å². The fourth-order valence-corrected chi connectivity index (χ4v) is 2.54. The quantitative estimate of drug-likeness (QED) is 0.273. The number of rotatable bonds is 15. The van der Waals surface area contributed by atoms with Crippen molar-refractivity contribution >= 4 is 5.97 Å². The molecule has 0 unspecified atom stereocenters. The molecule has 0 aromatic rings. The van der Waals surface area contributed by atoms with Gasteiger partial charge in [-0.2, -0.15) is 5.43 Å². The number of hydrogen-bond donors (Lipinski definition) is 2. The molecule has 4 heteroatoms. The van der Waals surface area contributed by atoms with Crippen LogP contribution in [-0.2, 0) is 4.79 Å². The molecule has 0 aromatic heterocycles. The maximum Gasteiger partial charge on any atom is 0.304 e. The van der Waals surface area contributed by atoms with Crippen molar-refractivity contribution in [1.29, 1.82) is 0 Å². The number of quaternary nitrogens is 1. The van der Waals surface area contributed by atoms with Gasteiger partial charge in [0.1, 0.15) is 0 Å². The van der Waals surface area contributed by atoms with Crippen molar-refractivity contribution in [2.24, 2.45) is 0 Å². The Morgan fingerprint density at radius 1 is 0.905 bits per heavy atom. The van der Waals surface area contributed by atoms with Crippen LogP contribution in [0.25, 0.3) is 0 Å². The number of carboxylic acids is 1. The Labute approximate surface area is 131 Å². The molecule has 0 spiro atoms. The summed E-state index contributed by atoms with van der Waals surface area (Å²) in [6.07, 6.45) is 13.7. The monoisotopic (exact) mass is 301 g/mol. The first-order valence-corrected chi connectivity index (χ1v) is 8.78. The number of nitrogens with one attached hydrogen (secondary N) is 1. The minimum Gasteiger partial charge on any atom is -0.481 e. The summed E-state index contributed by atoms with van der Waals surface area (Å²) in [7, 11) is 4.21. The van der Waals surface area contributed by atoms with Crippen LogP contribution in [-0.4, -0.2) is 42.9 Å². The Morgan fingerprint density at radius 2 is 1.38 bits per heavy atom. The minimum atomic E-state index is -0.735. The molecule has 126 valence electrons. The van der Waals surface area contributed by atoms with E-state index in [0.717, 1.165) is 6.54 Å². The van der Waals surface area contributed by atoms with Gasteiger partial charge in [0.15, 0.2) is 0 Å². The van der Waals surface area contributed by atoms with Crippen LogP contribution in [0.15, 0.2) is 0 Å². The third kappa shape index (κ3) is 15.6. The van der Waals surface area contributed by atoms with Crippen LogP contribution >= 0.6 is 0 Å². The zero-order valence-corrected chi connectivity index (χ0v) is 14.5. The molecule has 0 aliphatic heterocycles. The molecule has 21 heavy (non-hydrogen) atoms. The molecule has 0 aliphatic rings. The maximum atomic E-state index is 10.5. The highest BCUT2D eigenvalue weighted by Crippen LogP contribution is 2.11. The van der Waals surface area contributed by atoms with E-state index in [0.29, 0.717) is 11.1 Å². The number of aliphatic carboxylic acids is 1. The first-order chi connectivity index (χ1) is 9.98. The highest BCUT2D eigenvalue weighted by Gasteiger charge is 2.14. The summed E-state index contributed by atoms with van der Waals surface area (Å²) < 4.78 is 0.713. The third-order valence-electron chi connectivity index (χ3n) is 3.95. The van der Waals surface area contributed by atoms with Gasteiger partial charge in [0, 0.05) is 0 Å². The fourth-order valence-electron chi connectivity index (χ4n) is 2.54. The first kappa shape index (κ1) is 20.4. The predicted octanol–water partition coefficient (Wildman–Crippen LogP) is 3.96. The number of carbonyl (C=O) groups is 1. The summed E-state index contributed by atoms with van der Waals surface area (Å²) >= 11 is 0. The largest absolute Gasteiger partial charge is 0.481 e. The van der Waals surface area contributed by atoms with Gasteiger partial charge in [-0.3, -0.25) is 9.39 Å². The van der Waals surface area contributed by atoms with Crippen molar-refractivity contribution in [2.75, 3.05) is 27.2 Å². The first-order valence-electron chi connectivity index (χ1n) is 8.78. The van der Waals surface area contributed by atoms with Crippen molar-refractivity contribution in [3.05, 3.63) is 0 Å². The van der Waals surface area contributed by atoms with Crippen molar-refractivity contribution < 1.29 is 14.5 Å². The summed E-state index contributed by atoms with van der Waals surface area (Å²) in [5.41, 5.74) is 3.28. The van der Waals surface area contributed by atoms with E-state index in [-0.39, 0.29) is 6.42 Å². The van der Waals surface area contributed by atoms with Gasteiger partial charge in [-0.25, -0.2) is 0 Å². The predicted molar refractivity (Wildman–Crippen MR) is 89.1 cm³/mol. The van der Waals surface area contributed by atoms with Crippen LogP contribution < -0.4 is 5.43 Å². The Morgan fingerprint density at radius 3 is 1.86 bits per heavy atom. The highest BCUT2D eigenvalue weighted by atomic mass is 16.4. The number of hydrogen-bond acceptors (Lipinski definition) is 2. The van der Waals surface area contributed by atoms with Crippen molar-refractivity contribution in [3.8, 4) is 0 Å². The molecule has 0 radical (unpaired) electrons. The molecule has 0 heterocycles. The lowest BCUT2D eigenvalue weighted by molar-refractivity contribution is -0.934. The van der Waals surface area contributed by atoms with Crippen LogP contribution in [0.4, 0.5) is 0 Å². The van der Waals surface area contributed by atoms with Gasteiger partial charge in [-0.15, -0.1) is 0 Å². The summed E-state index contributed by atoms with van der Waals surface area (Å²) in [4.78, 5) is 10.5. The molecule has 0 fully saturated rings. The Kier molecular flexibility index (Phi) is 12.7. The molecule has 0 rings (SSSR count). The average Bonchev–Trinajstić information content (AvgIpc) is 2.40. The molecule has 0 bridgehead atoms. The molecule has 0 saturated carbocycles. The molecule has 0 saturated heterocycles. The summed E-state index contributed by atoms with van der Waals surface area (Å²) in [5.74, 6) is -0.735. The molecule has 0 amide bonds. The van der Waals surface area contributed by atoms with Gasteiger partial charge >= 0.3 is 5.97 Å². The van der Waals surface area contributed by atoms with E-state index < -0.39 is 5.97 Å². The van der Waals surface area contributed by atoms with Crippen molar-refractivity contribution in [2.45, 2.75) is 77.6 Å². The molecule has 4 nitrogen and oxygen atoms in total. The van der Waals surface area contributed by atoms with Gasteiger partial charge < -0.3 is 5.11 Å². The van der Waals surface area contributed by atoms with Gasteiger partial charge in [0.2, 0.25) is 0 Å². The summed E-state index contributed by atoms with van der Waals surface area (Å²) in [6, 6.07) is 0. The zero-order valence-electron chi connectivity index (χ0n) is 14.5. The number of carboxylic acid groups (broad SMARTS) is 1. The second-order valence-corrected chi connectivity index (χ2v) is 6.64. The lowest BCUT2D eigenvalue weighted by Gasteiger charge is -2.29. The normalized spacial score (nSPS) is 11.8. The molecular weight excluding hydrogens is 264 g/mol. The fraction of sp³-hybridized carbons (Fsp3) is 0.941. The van der Waals surface area contributed by atoms with Crippen molar-refractivity contribution in [3.63, 3.8) is 0 Å². The zero-order chi connectivity index (χ0) is 16.0. The molecule has 0 atom stereocenters. The van der Waals surface area contributed by atoms with Crippen LogP contribution in [0.5, 0.6) is 0 Å². The van der Waals surface area contributed by atoms with Crippen LogP contribution in [0.1, 0.15) is 77.6 Å². The van der Waals surface area contributed by atoms with Crippen molar-refractivity contribution in [1.82, 2.24) is 5.43 Å². The number of unbranched alkanes of at least 4 members (excludes halogenated alkanes) is 9. The second kappa shape index (κ2) is 13.1. The summed E-state index contributed by atoms with van der Waals surface area (Å²) in [6.45, 7) is 3.87. The SMILES string of the molecule is CCCCCCCCCCCC[N+](C)(C)NCCC(=O)O. The smallest absolute Gasteiger partial charge is 0.304 e. The highest BCUT2D eigenvalue weighted by molar-refractivity contribution is 5.66. The molecule has 2 N–H and O–H groups in total. The van der Waals surface area contributed by atoms with Gasteiger partial charge in [-0.1, -0.05) is 58.3 Å². The van der Waals surface area contributed by atoms with E-state index in [2.05, 4.69) is 26.4 Å². The second-order valence-electron chi connectivity index (χ2n) is 6.64. The van der Waals surface area contributed by atoms with Gasteiger partial charge in [0.25, 0.3) is 0 Å². The van der Waals surface area contributed by atoms with E-state index in [4.69, 9.17) is 5.11 Å². The van der Waals surface area contributed by atoms with E-state index in [1.54, 1.807) is 0 Å². The Balaban J connectivity index is 3.34. The molecular formula is C17H37N2O2+. The maximum absolute atomic E-state index is 10.5. The van der Waals surface area contributed by atoms with E-state index in [1.807, 2.05) is 0 Å². The molecule has 0 aromatic carbocycles. The lowest BCUT2D eigenvalue weighted by Crippen LogP contribution is -2.52. The third-order valence-corrected chi connectivity index (χ3v) is 3.95. The molecule has 0 aliphatic carbocycles. The topological polar surface area (TPSA) is 49.3 Å². The van der Waals surface area contributed by atoms with Crippen LogP contribution in [0, 0.1) is 0 Å². The lowest BCUT2D eigenvalue weighted by atomic mass is 10.1. The Bertz CT molecular complexity index is 255. The van der Waals surface area contributed by atoms with E-state index >= 15 is 0 Å². The van der Waals surface area contributed by atoms with E-state index in [1.165, 1.54) is 64.2 Å².